The van der Waals surface area contributed by atoms with Gasteiger partial charge in [-0.15, -0.1) is 0 Å². The predicted octanol–water partition coefficient (Wildman–Crippen LogP) is 0.440. The topological polar surface area (TPSA) is 113 Å². The van der Waals surface area contributed by atoms with E-state index in [0.717, 1.165) is 0 Å². The van der Waals surface area contributed by atoms with Crippen molar-refractivity contribution in [3.05, 3.63) is 27.7 Å². The number of ether oxygens (including phenoxy) is 2. The van der Waals surface area contributed by atoms with E-state index in [4.69, 9.17) is 37.8 Å². The normalized spacial score (nSPS) is 14.8. The Bertz CT molecular complexity index is 549. The molecular weight excluding hydrogens is 339 g/mol. The Morgan fingerprint density at radius 1 is 1.27 bits per heavy atom. The van der Waals surface area contributed by atoms with E-state index in [9.17, 15) is 19.8 Å². The summed E-state index contributed by atoms with van der Waals surface area (Å²) in [5.41, 5.74) is -0.144. The lowest BCUT2D eigenvalue weighted by atomic mass is 10.1. The van der Waals surface area contributed by atoms with Gasteiger partial charge in [0.2, 0.25) is 0 Å². The summed E-state index contributed by atoms with van der Waals surface area (Å²) < 4.78 is 9.76. The Morgan fingerprint density at radius 2 is 1.86 bits per heavy atom. The van der Waals surface area contributed by atoms with Gasteiger partial charge in [-0.1, -0.05) is 23.2 Å². The third-order valence-corrected chi connectivity index (χ3v) is 3.35. The van der Waals surface area contributed by atoms with Gasteiger partial charge >= 0.3 is 5.97 Å². The molecule has 1 rings (SSSR count). The Hall–Kier alpha value is -1.38. The second-order valence-electron chi connectivity index (χ2n) is 4.22. The molecule has 122 valence electrons. The second kappa shape index (κ2) is 8.30. The van der Waals surface area contributed by atoms with Gasteiger partial charge in [-0.05, 0) is 12.1 Å². The van der Waals surface area contributed by atoms with E-state index in [0.29, 0.717) is 0 Å². The van der Waals surface area contributed by atoms with Gasteiger partial charge in [0.05, 0.1) is 17.2 Å². The number of carbonyl (C=O) groups is 2. The molecule has 1 aromatic rings. The molecule has 3 atom stereocenters. The molecule has 22 heavy (non-hydrogen) atoms. The monoisotopic (exact) mass is 352 g/mol. The highest BCUT2D eigenvalue weighted by Gasteiger charge is 2.27. The lowest BCUT2D eigenvalue weighted by Gasteiger charge is -2.19. The van der Waals surface area contributed by atoms with Crippen molar-refractivity contribution in [2.24, 2.45) is 0 Å². The first-order valence-corrected chi connectivity index (χ1v) is 6.77. The molecule has 0 aromatic heterocycles. The van der Waals surface area contributed by atoms with Crippen molar-refractivity contribution in [2.75, 3.05) is 13.7 Å². The Morgan fingerprint density at radius 3 is 2.41 bits per heavy atom. The zero-order chi connectivity index (χ0) is 16.9. The number of rotatable bonds is 7. The molecule has 0 radical (unpaired) electrons. The second-order valence-corrected chi connectivity index (χ2v) is 5.03. The number of methoxy groups -OCH3 is 1. The fourth-order valence-corrected chi connectivity index (χ4v) is 2.02. The molecule has 0 amide bonds. The van der Waals surface area contributed by atoms with Gasteiger partial charge in [-0.3, -0.25) is 0 Å². The van der Waals surface area contributed by atoms with Crippen LogP contribution in [0.15, 0.2) is 12.1 Å². The molecule has 3 N–H and O–H groups in total. The molecule has 0 aliphatic rings. The minimum atomic E-state index is -1.79. The van der Waals surface area contributed by atoms with Crippen LogP contribution in [0.4, 0.5) is 0 Å². The summed E-state index contributed by atoms with van der Waals surface area (Å²) in [6.45, 7) is -0.670. The first kappa shape index (κ1) is 18.7. The van der Waals surface area contributed by atoms with Crippen molar-refractivity contribution in [3.63, 3.8) is 0 Å². The van der Waals surface area contributed by atoms with Gasteiger partial charge in [0.25, 0.3) is 0 Å². The van der Waals surface area contributed by atoms with Crippen LogP contribution >= 0.6 is 23.2 Å². The number of halogens is 2. The van der Waals surface area contributed by atoms with E-state index in [2.05, 4.69) is 0 Å². The molecule has 0 spiro atoms. The number of aldehydes is 1. The minimum absolute atomic E-state index is 0.00197. The first-order valence-electron chi connectivity index (χ1n) is 6.02. The average molecular weight is 353 g/mol. The molecule has 0 fully saturated rings. The Kier molecular flexibility index (Phi) is 7.05. The Balaban J connectivity index is 2.83. The lowest BCUT2D eigenvalue weighted by molar-refractivity contribution is -0.128. The summed E-state index contributed by atoms with van der Waals surface area (Å²) in [7, 11) is 1.29. The maximum Gasteiger partial charge on any atom is 0.343 e. The van der Waals surface area contributed by atoms with Crippen molar-refractivity contribution in [1.29, 1.82) is 0 Å². The number of aliphatic hydroxyl groups is 3. The van der Waals surface area contributed by atoms with E-state index >= 15 is 0 Å². The third kappa shape index (κ3) is 4.31. The molecule has 0 bridgehead atoms. The molecule has 0 heterocycles. The maximum absolute atomic E-state index is 12.0. The van der Waals surface area contributed by atoms with E-state index in [1.807, 2.05) is 0 Å². The van der Waals surface area contributed by atoms with Crippen LogP contribution in [0.25, 0.3) is 0 Å². The van der Waals surface area contributed by atoms with Crippen molar-refractivity contribution >= 4 is 35.5 Å². The summed E-state index contributed by atoms with van der Waals surface area (Å²) in [6, 6.07) is 2.79. The summed E-state index contributed by atoms with van der Waals surface area (Å²) >= 11 is 11.8. The van der Waals surface area contributed by atoms with Crippen LogP contribution in [-0.4, -0.2) is 59.6 Å². The molecule has 0 aliphatic heterocycles. The average Bonchev–Trinajstić information content (AvgIpc) is 2.52. The molecular formula is C13H14Cl2O7. The van der Waals surface area contributed by atoms with Gasteiger partial charge in [0, 0.05) is 0 Å². The van der Waals surface area contributed by atoms with Crippen LogP contribution in [0, 0.1) is 0 Å². The highest BCUT2D eigenvalue weighted by Crippen LogP contribution is 2.34. The van der Waals surface area contributed by atoms with Crippen LogP contribution < -0.4 is 4.74 Å². The standard InChI is InChI=1S/C13H14Cl2O7/c1-21-12-7(15)3-2-6(14)10(12)13(20)22-5-9(18)11(19)8(17)4-16/h2-4,8-9,11,17-19H,5H2,1H3. The number of aliphatic hydroxyl groups excluding tert-OH is 3. The van der Waals surface area contributed by atoms with E-state index in [1.165, 1.54) is 19.2 Å². The molecule has 0 aliphatic carbocycles. The first-order chi connectivity index (χ1) is 10.3. The minimum Gasteiger partial charge on any atom is -0.494 e. The van der Waals surface area contributed by atoms with Gasteiger partial charge in [-0.2, -0.15) is 0 Å². The maximum atomic E-state index is 12.0. The SMILES string of the molecule is COc1c(Cl)ccc(Cl)c1C(=O)OCC(O)C(O)C(O)C=O. The quantitative estimate of drug-likeness (QED) is 0.482. The fourth-order valence-electron chi connectivity index (χ4n) is 1.56. The smallest absolute Gasteiger partial charge is 0.343 e. The highest BCUT2D eigenvalue weighted by molar-refractivity contribution is 6.37. The molecule has 1 aromatic carbocycles. The third-order valence-electron chi connectivity index (χ3n) is 2.74. The summed E-state index contributed by atoms with van der Waals surface area (Å²) in [5, 5.41) is 28.1. The van der Waals surface area contributed by atoms with Gasteiger partial charge < -0.3 is 29.6 Å². The largest absolute Gasteiger partial charge is 0.494 e. The molecule has 3 unspecified atom stereocenters. The zero-order valence-electron chi connectivity index (χ0n) is 11.4. The van der Waals surface area contributed by atoms with Crippen LogP contribution in [0.1, 0.15) is 10.4 Å². The van der Waals surface area contributed by atoms with E-state index < -0.39 is 30.9 Å². The lowest BCUT2D eigenvalue weighted by Crippen LogP contribution is -2.41. The van der Waals surface area contributed by atoms with Gasteiger partial charge in [0.15, 0.2) is 12.0 Å². The molecule has 0 saturated heterocycles. The number of hydrogen-bond donors (Lipinski definition) is 3. The number of esters is 1. The van der Waals surface area contributed by atoms with Crippen LogP contribution in [0.3, 0.4) is 0 Å². The Labute approximate surface area is 136 Å². The summed E-state index contributed by atoms with van der Waals surface area (Å²) in [4.78, 5) is 22.3. The van der Waals surface area contributed by atoms with Gasteiger partial charge in [0.1, 0.15) is 30.5 Å². The molecule has 7 nitrogen and oxygen atoms in total. The van der Waals surface area contributed by atoms with Crippen molar-refractivity contribution < 1.29 is 34.4 Å². The van der Waals surface area contributed by atoms with Crippen LogP contribution in [-0.2, 0) is 9.53 Å². The number of benzene rings is 1. The van der Waals surface area contributed by atoms with Crippen LogP contribution in [0.2, 0.25) is 10.0 Å². The fraction of sp³-hybridized carbons (Fsp3) is 0.385. The van der Waals surface area contributed by atoms with Crippen LogP contribution in [0.5, 0.6) is 5.75 Å². The zero-order valence-corrected chi connectivity index (χ0v) is 12.9. The summed E-state index contributed by atoms with van der Waals surface area (Å²) in [5.74, 6) is -0.946. The number of carbonyl (C=O) groups excluding carboxylic acids is 2. The number of hydrogen-bond acceptors (Lipinski definition) is 7. The predicted molar refractivity (Wildman–Crippen MR) is 77.4 cm³/mol. The highest BCUT2D eigenvalue weighted by atomic mass is 35.5. The van der Waals surface area contributed by atoms with Gasteiger partial charge in [-0.25, -0.2) is 4.79 Å². The summed E-state index contributed by atoms with van der Waals surface area (Å²) in [6.07, 6.45) is -5.19. The van der Waals surface area contributed by atoms with E-state index in [-0.39, 0.29) is 27.6 Å². The molecule has 0 saturated carbocycles. The molecule has 9 heteroatoms. The van der Waals surface area contributed by atoms with Crippen molar-refractivity contribution in [2.45, 2.75) is 18.3 Å². The van der Waals surface area contributed by atoms with E-state index in [1.54, 1.807) is 0 Å². The van der Waals surface area contributed by atoms with Crippen molar-refractivity contribution in [1.82, 2.24) is 0 Å². The van der Waals surface area contributed by atoms with Crippen molar-refractivity contribution in [3.8, 4) is 5.75 Å².